The molecular formula is C45H56N8O7S. The van der Waals surface area contributed by atoms with Crippen LogP contribution in [0.2, 0.25) is 0 Å². The van der Waals surface area contributed by atoms with Crippen molar-refractivity contribution in [1.29, 1.82) is 0 Å². The first kappa shape index (κ1) is 41.3. The monoisotopic (exact) mass is 852 g/mol. The number of anilines is 2. The molecular weight excluding hydrogens is 797 g/mol. The van der Waals surface area contributed by atoms with Crippen LogP contribution in [0.15, 0.2) is 77.0 Å². The van der Waals surface area contributed by atoms with Crippen molar-refractivity contribution >= 4 is 44.0 Å². The number of rotatable bonds is 13. The smallest absolute Gasteiger partial charge is 0.293 e. The Morgan fingerprint density at radius 3 is 2.57 bits per heavy atom. The third-order valence-electron chi connectivity index (χ3n) is 13.7. The minimum absolute atomic E-state index is 0.0208. The number of nitrogens with one attached hydrogen (secondary N) is 3. The van der Waals surface area contributed by atoms with Crippen molar-refractivity contribution in [2.24, 2.45) is 16.2 Å². The number of hydrogen-bond acceptors (Lipinski definition) is 12. The summed E-state index contributed by atoms with van der Waals surface area (Å²) in [5, 5.41) is 15.9. The van der Waals surface area contributed by atoms with E-state index in [0.29, 0.717) is 47.3 Å². The van der Waals surface area contributed by atoms with Gasteiger partial charge in [0.05, 0.1) is 34.3 Å². The number of sulfonamides is 1. The Kier molecular flexibility index (Phi) is 10.6. The third-order valence-corrected chi connectivity index (χ3v) is 15.0. The zero-order valence-electron chi connectivity index (χ0n) is 35.5. The molecule has 0 spiro atoms. The number of benzene rings is 2. The summed E-state index contributed by atoms with van der Waals surface area (Å²) < 4.78 is 41.6. The van der Waals surface area contributed by atoms with Crippen LogP contribution >= 0.6 is 0 Å². The molecule has 324 valence electrons. The molecule has 4 heterocycles. The number of likely N-dealkylation sites (N-methyl/N-ethyl adjacent to an activating group) is 1. The largest absolute Gasteiger partial charge is 0.455 e. The number of amides is 1. The van der Waals surface area contributed by atoms with Crippen LogP contribution < -0.4 is 19.7 Å². The summed E-state index contributed by atoms with van der Waals surface area (Å²) in [6.07, 6.45) is 10.8. The number of H-pyrrole nitrogens is 1. The number of hydrogen-bond donors (Lipinski definition) is 3. The number of nitro groups is 1. The lowest BCUT2D eigenvalue weighted by Gasteiger charge is -2.72. The van der Waals surface area contributed by atoms with Crippen molar-refractivity contribution in [2.75, 3.05) is 76.2 Å². The number of pyridine rings is 1. The predicted molar refractivity (Wildman–Crippen MR) is 234 cm³/mol. The number of aromatic amines is 1. The fraction of sp³-hybridized carbons (Fsp3) is 0.511. The molecule has 3 saturated carbocycles. The first-order valence-electron chi connectivity index (χ1n) is 21.4. The summed E-state index contributed by atoms with van der Waals surface area (Å²) in [4.78, 5) is 39.4. The van der Waals surface area contributed by atoms with Gasteiger partial charge in [-0.2, -0.15) is 0 Å². The highest BCUT2D eigenvalue weighted by molar-refractivity contribution is 7.90. The third kappa shape index (κ3) is 8.47. The average molecular weight is 853 g/mol. The number of carbonyl (C=O) groups is 1. The molecule has 0 unspecified atom stereocenters. The van der Waals surface area contributed by atoms with Crippen molar-refractivity contribution in [2.45, 2.75) is 70.3 Å². The molecule has 0 radical (unpaired) electrons. The molecule has 2 aromatic carbocycles. The van der Waals surface area contributed by atoms with E-state index in [9.17, 15) is 23.3 Å². The van der Waals surface area contributed by atoms with Gasteiger partial charge in [0, 0.05) is 81.8 Å². The maximum atomic E-state index is 13.9. The normalized spacial score (nSPS) is 25.4. The minimum atomic E-state index is -4.56. The Balaban J connectivity index is 0.919. The number of aromatic nitrogens is 2. The highest BCUT2D eigenvalue weighted by Gasteiger charge is 2.66. The maximum Gasteiger partial charge on any atom is 0.293 e. The molecule has 3 N–H and O–H groups in total. The molecule has 2 saturated heterocycles. The van der Waals surface area contributed by atoms with Crippen LogP contribution in [0.4, 0.5) is 17.1 Å². The number of ether oxygens (including phenoxy) is 2. The molecule has 4 aliphatic carbocycles. The Morgan fingerprint density at radius 2 is 1.84 bits per heavy atom. The molecule has 2 aliphatic heterocycles. The van der Waals surface area contributed by atoms with Gasteiger partial charge in [-0.05, 0) is 98.2 Å². The van der Waals surface area contributed by atoms with E-state index in [0.717, 1.165) is 56.4 Å². The second-order valence-corrected chi connectivity index (χ2v) is 20.9. The van der Waals surface area contributed by atoms with E-state index < -0.39 is 31.4 Å². The highest BCUT2D eigenvalue weighted by Crippen LogP contribution is 2.77. The number of nitro benzene ring substituents is 1. The number of morpholine rings is 1. The molecule has 16 heteroatoms. The van der Waals surface area contributed by atoms with Crippen molar-refractivity contribution in [1.82, 2.24) is 24.5 Å². The van der Waals surface area contributed by atoms with E-state index in [1.807, 2.05) is 19.2 Å². The Morgan fingerprint density at radius 1 is 1.05 bits per heavy atom. The summed E-state index contributed by atoms with van der Waals surface area (Å²) in [5.41, 5.74) is 6.02. The first-order chi connectivity index (χ1) is 29.1. The number of fused-ring (bicyclic) bond motifs is 1. The van der Waals surface area contributed by atoms with E-state index in [-0.39, 0.29) is 23.1 Å². The first-order valence-corrected chi connectivity index (χ1v) is 22.9. The lowest BCUT2D eigenvalue weighted by atomic mass is 9.33. The fourth-order valence-electron chi connectivity index (χ4n) is 10.6. The molecule has 15 nitrogen and oxygen atoms in total. The van der Waals surface area contributed by atoms with Crippen molar-refractivity contribution in [3.05, 3.63) is 87.7 Å². The van der Waals surface area contributed by atoms with E-state index in [1.54, 1.807) is 41.7 Å². The molecule has 6 aliphatic rings. The zero-order valence-corrected chi connectivity index (χ0v) is 36.3. The second kappa shape index (κ2) is 15.7. The SMILES string of the molecule is CN1CCO[C@@H](CNc2ccc(S(=O)(=O)NC(=O)c3ccc(N4CCN(CC5=C(C67CC(C)(C6)C7)CC(C)(C)CC5)CC4)cc3Oc3cnc4[nH]ccc4c3)cc2[N+](=O)[O-])C1. The Labute approximate surface area is 357 Å². The van der Waals surface area contributed by atoms with Gasteiger partial charge in [0.15, 0.2) is 0 Å². The number of piperazine rings is 1. The molecule has 1 atom stereocenters. The summed E-state index contributed by atoms with van der Waals surface area (Å²) in [5.74, 6) is -0.424. The second-order valence-electron chi connectivity index (χ2n) is 19.2. The summed E-state index contributed by atoms with van der Waals surface area (Å²) in [6.45, 7) is 13.9. The average Bonchev–Trinajstić information content (AvgIpc) is 3.67. The van der Waals surface area contributed by atoms with E-state index in [1.165, 1.54) is 50.7 Å². The van der Waals surface area contributed by atoms with Crippen LogP contribution in [0.25, 0.3) is 11.0 Å². The van der Waals surface area contributed by atoms with E-state index in [4.69, 9.17) is 9.47 Å². The van der Waals surface area contributed by atoms with Crippen LogP contribution in [0, 0.1) is 26.4 Å². The van der Waals surface area contributed by atoms with Crippen molar-refractivity contribution in [3.63, 3.8) is 0 Å². The van der Waals surface area contributed by atoms with Gasteiger partial charge in [-0.3, -0.25) is 19.8 Å². The van der Waals surface area contributed by atoms with Gasteiger partial charge < -0.3 is 29.6 Å². The maximum absolute atomic E-state index is 13.9. The van der Waals surface area contributed by atoms with Gasteiger partial charge in [-0.1, -0.05) is 31.9 Å². The van der Waals surface area contributed by atoms with Gasteiger partial charge in [0.2, 0.25) is 0 Å². The molecule has 2 bridgehead atoms. The van der Waals surface area contributed by atoms with Crippen LogP contribution in [-0.4, -0.2) is 111 Å². The Hall–Kier alpha value is -5.03. The van der Waals surface area contributed by atoms with Gasteiger partial charge in [-0.15, -0.1) is 0 Å². The lowest BCUT2D eigenvalue weighted by Crippen LogP contribution is -2.61. The van der Waals surface area contributed by atoms with Crippen LogP contribution in [0.3, 0.4) is 0 Å². The van der Waals surface area contributed by atoms with Crippen LogP contribution in [-0.2, 0) is 14.8 Å². The molecule has 1 amide bonds. The zero-order chi connectivity index (χ0) is 42.7. The van der Waals surface area contributed by atoms with Gasteiger partial charge in [0.25, 0.3) is 21.6 Å². The number of allylic oxidation sites excluding steroid dienone is 1. The van der Waals surface area contributed by atoms with E-state index >= 15 is 0 Å². The molecule has 5 fully saturated rings. The topological polar surface area (TPSA) is 175 Å². The quantitative estimate of drug-likeness (QED) is 0.0719. The van der Waals surface area contributed by atoms with Crippen LogP contribution in [0.1, 0.15) is 69.7 Å². The minimum Gasteiger partial charge on any atom is -0.455 e. The van der Waals surface area contributed by atoms with Gasteiger partial charge in [0.1, 0.15) is 22.8 Å². The number of carbonyl (C=O) groups excluding carboxylic acids is 1. The molecule has 2 aromatic heterocycles. The molecule has 61 heavy (non-hydrogen) atoms. The summed E-state index contributed by atoms with van der Waals surface area (Å²) in [6, 6.07) is 12.3. The number of nitrogens with zero attached hydrogens (tertiary/aromatic N) is 5. The van der Waals surface area contributed by atoms with Crippen LogP contribution in [0.5, 0.6) is 11.5 Å². The standard InChI is InChI=1S/C45H56N8O7S/c1-43(2)11-9-31(37(22-43)45-27-44(3,28-45)29-45)25-51-13-15-52(16-14-51)32-5-7-36(40(20-32)60-33-19-30-10-12-46-41(30)48-23-33)42(54)49-61(57,58)35-6-8-38(39(21-35)53(55)56)47-24-34-26-50(4)17-18-59-34/h5-8,10,12,19-21,23,34,47H,9,11,13-18,22,24-29H2,1-4H3,(H,46,48)(H,49,54)/t34-,44?,45?/m0/s1. The highest BCUT2D eigenvalue weighted by atomic mass is 32.2. The van der Waals surface area contributed by atoms with Crippen molar-refractivity contribution in [3.8, 4) is 11.5 Å². The molecule has 4 aromatic rings. The van der Waals surface area contributed by atoms with Crippen molar-refractivity contribution < 1.29 is 27.6 Å². The molecule has 10 rings (SSSR count). The fourth-order valence-corrected chi connectivity index (χ4v) is 11.6. The van der Waals surface area contributed by atoms with Gasteiger partial charge >= 0.3 is 0 Å². The predicted octanol–water partition coefficient (Wildman–Crippen LogP) is 6.94. The Bertz CT molecular complexity index is 2490. The summed E-state index contributed by atoms with van der Waals surface area (Å²) in [7, 11) is -2.59. The van der Waals surface area contributed by atoms with E-state index in [2.05, 4.69) is 55.5 Å². The lowest BCUT2D eigenvalue weighted by molar-refractivity contribution is -0.384. The van der Waals surface area contributed by atoms with Gasteiger partial charge in [-0.25, -0.2) is 18.1 Å². The summed E-state index contributed by atoms with van der Waals surface area (Å²) >= 11 is 0.